The molecule has 0 spiro atoms. The first-order valence-electron chi connectivity index (χ1n) is 10.2. The van der Waals surface area contributed by atoms with Crippen LogP contribution in [-0.4, -0.2) is 40.2 Å². The third kappa shape index (κ3) is 4.01. The van der Waals surface area contributed by atoms with Crippen molar-refractivity contribution in [2.75, 3.05) is 19.9 Å². The first-order chi connectivity index (χ1) is 13.6. The Morgan fingerprint density at radius 3 is 2.93 bits per heavy atom. The van der Waals surface area contributed by atoms with Crippen molar-refractivity contribution in [3.05, 3.63) is 42.0 Å². The summed E-state index contributed by atoms with van der Waals surface area (Å²) in [5.74, 6) is 3.04. The van der Waals surface area contributed by atoms with Crippen LogP contribution in [0.3, 0.4) is 0 Å². The van der Waals surface area contributed by atoms with Gasteiger partial charge in [0.15, 0.2) is 11.5 Å². The molecular formula is C22H29N3O3. The number of fused-ring (bicyclic) bond motifs is 1. The van der Waals surface area contributed by atoms with Gasteiger partial charge in [-0.05, 0) is 42.4 Å². The average Bonchev–Trinajstić information content (AvgIpc) is 3.33. The first kappa shape index (κ1) is 18.8. The maximum absolute atomic E-state index is 12.5. The van der Waals surface area contributed by atoms with Crippen molar-refractivity contribution in [3.8, 4) is 11.5 Å². The second-order valence-electron chi connectivity index (χ2n) is 8.23. The zero-order chi connectivity index (χ0) is 19.6. The molecule has 0 N–H and O–H groups in total. The number of nitrogens with zero attached hydrogens (tertiary/aromatic N) is 3. The van der Waals surface area contributed by atoms with Crippen LogP contribution >= 0.6 is 0 Å². The molecule has 1 unspecified atom stereocenters. The van der Waals surface area contributed by atoms with Crippen molar-refractivity contribution in [2.24, 2.45) is 5.41 Å². The molecule has 150 valence electrons. The van der Waals surface area contributed by atoms with Gasteiger partial charge in [0.1, 0.15) is 5.82 Å². The normalized spacial score (nSPS) is 21.4. The van der Waals surface area contributed by atoms with Gasteiger partial charge in [-0.15, -0.1) is 0 Å². The molecule has 0 bridgehead atoms. The summed E-state index contributed by atoms with van der Waals surface area (Å²) in [6.07, 6.45) is 8.27. The van der Waals surface area contributed by atoms with Gasteiger partial charge in [0.25, 0.3) is 0 Å². The lowest BCUT2D eigenvalue weighted by molar-refractivity contribution is -0.137. The van der Waals surface area contributed by atoms with Crippen molar-refractivity contribution < 1.29 is 14.3 Å². The van der Waals surface area contributed by atoms with Crippen LogP contribution in [0.5, 0.6) is 11.5 Å². The van der Waals surface area contributed by atoms with E-state index in [1.807, 2.05) is 18.5 Å². The van der Waals surface area contributed by atoms with E-state index in [4.69, 9.17) is 9.47 Å². The fourth-order valence-electron chi connectivity index (χ4n) is 4.38. The summed E-state index contributed by atoms with van der Waals surface area (Å²) < 4.78 is 13.1. The van der Waals surface area contributed by atoms with Crippen molar-refractivity contribution >= 4 is 5.91 Å². The topological polar surface area (TPSA) is 56.6 Å². The molecule has 4 rings (SSSR count). The predicted octanol–water partition coefficient (Wildman–Crippen LogP) is 3.44. The van der Waals surface area contributed by atoms with Crippen LogP contribution in [0, 0.1) is 5.41 Å². The van der Waals surface area contributed by atoms with Crippen LogP contribution in [-0.2, 0) is 24.2 Å². The van der Waals surface area contributed by atoms with Crippen molar-refractivity contribution in [2.45, 2.75) is 52.5 Å². The number of hydrogen-bond acceptors (Lipinski definition) is 4. The smallest absolute Gasteiger partial charge is 0.231 e. The zero-order valence-corrected chi connectivity index (χ0v) is 16.8. The number of carbonyl (C=O) groups excluding carboxylic acids is 1. The van der Waals surface area contributed by atoms with Gasteiger partial charge in [-0.25, -0.2) is 4.98 Å². The van der Waals surface area contributed by atoms with Crippen LogP contribution < -0.4 is 9.47 Å². The fourth-order valence-corrected chi connectivity index (χ4v) is 4.38. The highest BCUT2D eigenvalue weighted by atomic mass is 16.7. The van der Waals surface area contributed by atoms with Crippen molar-refractivity contribution in [1.29, 1.82) is 0 Å². The summed E-state index contributed by atoms with van der Waals surface area (Å²) in [5.41, 5.74) is 1.33. The molecular weight excluding hydrogens is 354 g/mol. The summed E-state index contributed by atoms with van der Waals surface area (Å²) >= 11 is 0. The Morgan fingerprint density at radius 1 is 1.21 bits per heavy atom. The Morgan fingerprint density at radius 2 is 2.07 bits per heavy atom. The molecule has 1 amide bonds. The number of imidazole rings is 1. The van der Waals surface area contributed by atoms with Gasteiger partial charge in [0.2, 0.25) is 12.7 Å². The number of aryl methyl sites for hydroxylation is 2. The number of piperidine rings is 1. The molecule has 2 aliphatic heterocycles. The van der Waals surface area contributed by atoms with Crippen LogP contribution in [0.2, 0.25) is 0 Å². The lowest BCUT2D eigenvalue weighted by Gasteiger charge is -2.40. The number of benzene rings is 1. The Labute approximate surface area is 166 Å². The summed E-state index contributed by atoms with van der Waals surface area (Å²) in [5, 5.41) is 0. The number of ether oxygens (including phenoxy) is 2. The van der Waals surface area contributed by atoms with Gasteiger partial charge in [-0.3, -0.25) is 4.79 Å². The lowest BCUT2D eigenvalue weighted by atomic mass is 9.76. The molecule has 0 radical (unpaired) electrons. The van der Waals surface area contributed by atoms with Gasteiger partial charge in [-0.1, -0.05) is 19.9 Å². The summed E-state index contributed by atoms with van der Waals surface area (Å²) in [4.78, 5) is 18.9. The molecule has 1 saturated heterocycles. The van der Waals surface area contributed by atoms with Gasteiger partial charge in [0.05, 0.1) is 0 Å². The van der Waals surface area contributed by atoms with Gasteiger partial charge < -0.3 is 18.9 Å². The summed E-state index contributed by atoms with van der Waals surface area (Å²) in [6.45, 7) is 7.24. The largest absolute Gasteiger partial charge is 0.454 e. The molecule has 0 saturated carbocycles. The average molecular weight is 383 g/mol. The SMILES string of the molecule is CCc1nccn1CCCN1CC(C)(Cc2ccc3c(c2)OCO3)CCC1=O. The molecule has 3 heterocycles. The minimum absolute atomic E-state index is 0.0885. The van der Waals surface area contributed by atoms with Crippen molar-refractivity contribution in [3.63, 3.8) is 0 Å². The number of amides is 1. The number of carbonyl (C=O) groups is 1. The second-order valence-corrected chi connectivity index (χ2v) is 8.23. The quantitative estimate of drug-likeness (QED) is 0.735. The van der Waals surface area contributed by atoms with E-state index >= 15 is 0 Å². The van der Waals surface area contributed by atoms with Crippen LogP contribution in [0.4, 0.5) is 0 Å². The third-order valence-corrected chi connectivity index (χ3v) is 5.88. The number of aromatic nitrogens is 2. The Hall–Kier alpha value is -2.50. The molecule has 0 aliphatic carbocycles. The molecule has 6 heteroatoms. The monoisotopic (exact) mass is 383 g/mol. The first-order valence-corrected chi connectivity index (χ1v) is 10.2. The van der Waals surface area contributed by atoms with E-state index < -0.39 is 0 Å². The van der Waals surface area contributed by atoms with Crippen LogP contribution in [0.15, 0.2) is 30.6 Å². The lowest BCUT2D eigenvalue weighted by Crippen LogP contribution is -2.46. The highest BCUT2D eigenvalue weighted by Crippen LogP contribution is 2.37. The van der Waals surface area contributed by atoms with E-state index in [-0.39, 0.29) is 11.3 Å². The highest BCUT2D eigenvalue weighted by Gasteiger charge is 2.35. The number of hydrogen-bond donors (Lipinski definition) is 0. The molecule has 1 atom stereocenters. The molecule has 2 aromatic rings. The van der Waals surface area contributed by atoms with E-state index in [9.17, 15) is 4.79 Å². The number of likely N-dealkylation sites (tertiary alicyclic amines) is 1. The van der Waals surface area contributed by atoms with E-state index in [0.29, 0.717) is 13.2 Å². The molecule has 28 heavy (non-hydrogen) atoms. The minimum Gasteiger partial charge on any atom is -0.454 e. The molecule has 1 aromatic heterocycles. The van der Waals surface area contributed by atoms with Crippen molar-refractivity contribution in [1.82, 2.24) is 14.5 Å². The third-order valence-electron chi connectivity index (χ3n) is 5.88. The summed E-state index contributed by atoms with van der Waals surface area (Å²) in [7, 11) is 0. The maximum atomic E-state index is 12.5. The van der Waals surface area contributed by atoms with Gasteiger partial charge in [0, 0.05) is 44.9 Å². The Balaban J connectivity index is 1.36. The van der Waals surface area contributed by atoms with Crippen LogP contribution in [0.1, 0.15) is 44.5 Å². The van der Waals surface area contributed by atoms with E-state index in [1.54, 1.807) is 0 Å². The highest BCUT2D eigenvalue weighted by molar-refractivity contribution is 5.77. The van der Waals surface area contributed by atoms with E-state index in [1.165, 1.54) is 5.56 Å². The maximum Gasteiger partial charge on any atom is 0.231 e. The molecule has 2 aliphatic rings. The minimum atomic E-state index is 0.0885. The Bertz CT molecular complexity index is 847. The molecule has 6 nitrogen and oxygen atoms in total. The fraction of sp³-hybridized carbons (Fsp3) is 0.545. The van der Waals surface area contributed by atoms with Gasteiger partial charge in [-0.2, -0.15) is 0 Å². The molecule has 1 aromatic carbocycles. The van der Waals surface area contributed by atoms with E-state index in [2.05, 4.69) is 40.4 Å². The van der Waals surface area contributed by atoms with E-state index in [0.717, 1.165) is 62.6 Å². The molecule has 1 fully saturated rings. The van der Waals surface area contributed by atoms with Gasteiger partial charge >= 0.3 is 0 Å². The predicted molar refractivity (Wildman–Crippen MR) is 106 cm³/mol. The zero-order valence-electron chi connectivity index (χ0n) is 16.8. The van der Waals surface area contributed by atoms with Crippen LogP contribution in [0.25, 0.3) is 0 Å². The summed E-state index contributed by atoms with van der Waals surface area (Å²) in [6, 6.07) is 6.19. The number of rotatable bonds is 7. The second kappa shape index (κ2) is 7.86. The standard InChI is InChI=1S/C22H29N3O3/c1-3-20-23-9-12-24(20)10-4-11-25-15-22(2,8-7-21(25)26)14-17-5-6-18-19(13-17)28-16-27-18/h5-6,9,12-13H,3-4,7-8,10-11,14-16H2,1-2H3. The Kier molecular flexibility index (Phi) is 5.29.